The zero-order valence-corrected chi connectivity index (χ0v) is 19.8. The summed E-state index contributed by atoms with van der Waals surface area (Å²) in [7, 11) is 0. The van der Waals surface area contributed by atoms with E-state index in [1.807, 2.05) is 37.3 Å². The van der Waals surface area contributed by atoms with Crippen LogP contribution in [0.4, 0.5) is 5.82 Å². The van der Waals surface area contributed by atoms with Crippen molar-refractivity contribution >= 4 is 51.7 Å². The minimum atomic E-state index is -0.231. The second-order valence-electron chi connectivity index (χ2n) is 8.14. The van der Waals surface area contributed by atoms with Crippen molar-refractivity contribution in [3.63, 3.8) is 0 Å². The van der Waals surface area contributed by atoms with Crippen molar-refractivity contribution in [2.24, 2.45) is 5.92 Å². The maximum absolute atomic E-state index is 13.2. The van der Waals surface area contributed by atoms with Gasteiger partial charge in [-0.1, -0.05) is 73.7 Å². The molecule has 0 aliphatic carbocycles. The quantitative estimate of drug-likeness (QED) is 0.429. The van der Waals surface area contributed by atoms with Gasteiger partial charge in [-0.15, -0.1) is 0 Å². The normalized spacial score (nSPS) is 15.4. The molecule has 6 nitrogen and oxygen atoms in total. The summed E-state index contributed by atoms with van der Waals surface area (Å²) in [4.78, 5) is 33.0. The molecule has 0 spiro atoms. The monoisotopic (exact) mass is 464 g/mol. The summed E-state index contributed by atoms with van der Waals surface area (Å²) >= 11 is 6.69. The van der Waals surface area contributed by atoms with E-state index in [1.165, 1.54) is 16.2 Å². The number of benzene rings is 1. The zero-order valence-electron chi connectivity index (χ0n) is 18.2. The first-order chi connectivity index (χ1) is 15.3. The maximum atomic E-state index is 13.2. The van der Waals surface area contributed by atoms with Gasteiger partial charge >= 0.3 is 0 Å². The fourth-order valence-corrected chi connectivity index (χ4v) is 4.55. The zero-order chi connectivity index (χ0) is 22.8. The highest BCUT2D eigenvalue weighted by atomic mass is 32.2. The lowest BCUT2D eigenvalue weighted by Crippen LogP contribution is -2.27. The molecule has 1 aliphatic heterocycles. The Kier molecular flexibility index (Phi) is 6.43. The molecule has 2 aromatic heterocycles. The van der Waals surface area contributed by atoms with Crippen molar-refractivity contribution < 1.29 is 4.79 Å². The van der Waals surface area contributed by atoms with Crippen molar-refractivity contribution in [2.45, 2.75) is 27.3 Å². The van der Waals surface area contributed by atoms with Crippen LogP contribution in [-0.2, 0) is 11.3 Å². The van der Waals surface area contributed by atoms with Crippen LogP contribution in [0.1, 0.15) is 30.5 Å². The molecule has 32 heavy (non-hydrogen) atoms. The van der Waals surface area contributed by atoms with Gasteiger partial charge in [-0.25, -0.2) is 4.98 Å². The molecule has 1 saturated heterocycles. The van der Waals surface area contributed by atoms with E-state index in [2.05, 4.69) is 24.1 Å². The molecule has 1 N–H and O–H groups in total. The third-order valence-corrected chi connectivity index (χ3v) is 6.43. The Morgan fingerprint density at radius 3 is 2.62 bits per heavy atom. The molecule has 0 atom stereocenters. The Balaban J connectivity index is 1.71. The van der Waals surface area contributed by atoms with Crippen LogP contribution in [-0.4, -0.2) is 31.1 Å². The first-order valence-corrected chi connectivity index (χ1v) is 11.6. The number of hydrogen-bond acceptors (Lipinski definition) is 6. The van der Waals surface area contributed by atoms with Crippen LogP contribution >= 0.6 is 24.0 Å². The highest BCUT2D eigenvalue weighted by Crippen LogP contribution is 2.34. The molecule has 3 heterocycles. The summed E-state index contributed by atoms with van der Waals surface area (Å²) in [6, 6.07) is 13.4. The molecular weight excluding hydrogens is 440 g/mol. The van der Waals surface area contributed by atoms with Crippen LogP contribution in [0.15, 0.2) is 58.4 Å². The maximum Gasteiger partial charge on any atom is 0.267 e. The SMILES string of the molecule is Cc1ccc(CN2C(=O)/C(=C/c3c(NCC(C)C)nc4ccccn4c3=O)SC2=S)cc1. The van der Waals surface area contributed by atoms with Crippen molar-refractivity contribution in [2.75, 3.05) is 11.9 Å². The van der Waals surface area contributed by atoms with E-state index in [0.29, 0.717) is 45.3 Å². The molecule has 0 bridgehead atoms. The number of fused-ring (bicyclic) bond motifs is 1. The average molecular weight is 465 g/mol. The fourth-order valence-electron chi connectivity index (χ4n) is 3.31. The van der Waals surface area contributed by atoms with Crippen LogP contribution < -0.4 is 10.9 Å². The summed E-state index contributed by atoms with van der Waals surface area (Å²) in [5, 5.41) is 3.27. The highest BCUT2D eigenvalue weighted by Gasteiger charge is 2.32. The van der Waals surface area contributed by atoms with E-state index in [-0.39, 0.29) is 11.5 Å². The van der Waals surface area contributed by atoms with Gasteiger partial charge in [0.2, 0.25) is 0 Å². The van der Waals surface area contributed by atoms with Crippen LogP contribution in [0.25, 0.3) is 11.7 Å². The number of nitrogens with one attached hydrogen (secondary N) is 1. The number of amides is 1. The minimum Gasteiger partial charge on any atom is -0.369 e. The molecule has 1 fully saturated rings. The van der Waals surface area contributed by atoms with Gasteiger partial charge in [0, 0.05) is 12.7 Å². The summed E-state index contributed by atoms with van der Waals surface area (Å²) < 4.78 is 1.96. The second-order valence-corrected chi connectivity index (χ2v) is 9.81. The number of pyridine rings is 1. The van der Waals surface area contributed by atoms with E-state index in [1.54, 1.807) is 29.3 Å². The fraction of sp³-hybridized carbons (Fsp3) is 0.250. The predicted molar refractivity (Wildman–Crippen MR) is 135 cm³/mol. The van der Waals surface area contributed by atoms with Crippen molar-refractivity contribution in [1.82, 2.24) is 14.3 Å². The van der Waals surface area contributed by atoms with Crippen molar-refractivity contribution in [1.29, 1.82) is 0 Å². The smallest absolute Gasteiger partial charge is 0.267 e. The molecule has 1 aliphatic rings. The number of carbonyl (C=O) groups is 1. The summed E-state index contributed by atoms with van der Waals surface area (Å²) in [6.45, 7) is 7.24. The van der Waals surface area contributed by atoms with E-state index >= 15 is 0 Å². The average Bonchev–Trinajstić information content (AvgIpc) is 3.03. The van der Waals surface area contributed by atoms with E-state index in [4.69, 9.17) is 12.2 Å². The van der Waals surface area contributed by atoms with Crippen molar-refractivity contribution in [3.05, 3.63) is 80.6 Å². The Bertz CT molecular complexity index is 1280. The number of aromatic nitrogens is 2. The Hall–Kier alpha value is -2.97. The molecule has 8 heteroatoms. The number of anilines is 1. The number of thioether (sulfide) groups is 1. The molecule has 0 saturated carbocycles. The van der Waals surface area contributed by atoms with Crippen LogP contribution in [0.5, 0.6) is 0 Å². The Labute approximate surface area is 196 Å². The summed E-state index contributed by atoms with van der Waals surface area (Å²) in [5.41, 5.74) is 2.83. The molecule has 164 valence electrons. The van der Waals surface area contributed by atoms with E-state index in [9.17, 15) is 9.59 Å². The predicted octanol–water partition coefficient (Wildman–Crippen LogP) is 4.47. The third kappa shape index (κ3) is 4.61. The van der Waals surface area contributed by atoms with Crippen LogP contribution in [0, 0.1) is 12.8 Å². The number of nitrogens with zero attached hydrogens (tertiary/aromatic N) is 3. The molecule has 4 rings (SSSR count). The minimum absolute atomic E-state index is 0.201. The van der Waals surface area contributed by atoms with Gasteiger partial charge in [0.05, 0.1) is 17.0 Å². The standard InChI is InChI=1S/C24H24N4O2S2/c1-15(2)13-25-21-18(22(29)27-11-5-4-6-20(27)26-21)12-19-23(30)28(24(31)32-19)14-17-9-7-16(3)8-10-17/h4-12,15,25H,13-14H2,1-3H3/b19-12-. The summed E-state index contributed by atoms with van der Waals surface area (Å²) in [5.74, 6) is 0.637. The molecular formula is C24H24N4O2S2. The second kappa shape index (κ2) is 9.26. The third-order valence-electron chi connectivity index (χ3n) is 5.06. The first-order valence-electron chi connectivity index (χ1n) is 10.4. The van der Waals surface area contributed by atoms with Gasteiger partial charge in [-0.05, 0) is 36.6 Å². The van der Waals surface area contributed by atoms with Crippen LogP contribution in [0.2, 0.25) is 0 Å². The molecule has 0 radical (unpaired) electrons. The number of carbonyl (C=O) groups excluding carboxylic acids is 1. The highest BCUT2D eigenvalue weighted by molar-refractivity contribution is 8.26. The lowest BCUT2D eigenvalue weighted by atomic mass is 10.1. The van der Waals surface area contributed by atoms with E-state index in [0.717, 1.165) is 11.1 Å². The Morgan fingerprint density at radius 1 is 1.16 bits per heavy atom. The van der Waals surface area contributed by atoms with Gasteiger partial charge in [0.25, 0.3) is 11.5 Å². The molecule has 1 aromatic carbocycles. The number of rotatable bonds is 6. The number of aryl methyl sites for hydroxylation is 1. The van der Waals surface area contributed by atoms with Gasteiger partial charge in [-0.2, -0.15) is 0 Å². The van der Waals surface area contributed by atoms with Crippen LogP contribution in [0.3, 0.4) is 0 Å². The molecule has 3 aromatic rings. The van der Waals surface area contributed by atoms with Gasteiger partial charge in [0.15, 0.2) is 0 Å². The molecule has 0 unspecified atom stereocenters. The van der Waals surface area contributed by atoms with Crippen molar-refractivity contribution in [3.8, 4) is 0 Å². The largest absolute Gasteiger partial charge is 0.369 e. The number of thiocarbonyl (C=S) groups is 1. The number of hydrogen-bond donors (Lipinski definition) is 1. The lowest BCUT2D eigenvalue weighted by Gasteiger charge is -2.14. The van der Waals surface area contributed by atoms with Gasteiger partial charge in [0.1, 0.15) is 15.8 Å². The van der Waals surface area contributed by atoms with E-state index < -0.39 is 0 Å². The first kappa shape index (κ1) is 22.2. The van der Waals surface area contributed by atoms with Gasteiger partial charge < -0.3 is 5.32 Å². The Morgan fingerprint density at radius 2 is 1.91 bits per heavy atom. The summed E-state index contributed by atoms with van der Waals surface area (Å²) in [6.07, 6.45) is 3.29. The van der Waals surface area contributed by atoms with Gasteiger partial charge in [-0.3, -0.25) is 18.9 Å². The molecule has 1 amide bonds. The lowest BCUT2D eigenvalue weighted by molar-refractivity contribution is -0.122. The topological polar surface area (TPSA) is 66.7 Å².